The molecule has 0 saturated heterocycles. The van der Waals surface area contributed by atoms with Gasteiger partial charge in [0.15, 0.2) is 16.7 Å². The third kappa shape index (κ3) is 6.39. The second-order valence-corrected chi connectivity index (χ2v) is 8.09. The molecular weight excluding hydrogens is 440 g/mol. The van der Waals surface area contributed by atoms with Crippen molar-refractivity contribution in [1.82, 2.24) is 20.1 Å². The first kappa shape index (κ1) is 22.5. The van der Waals surface area contributed by atoms with Crippen LogP contribution in [0.2, 0.25) is 0 Å². The highest BCUT2D eigenvalue weighted by molar-refractivity contribution is 7.99. The molecule has 0 radical (unpaired) electrons. The molecule has 4 aromatic rings. The van der Waals surface area contributed by atoms with E-state index < -0.39 is 0 Å². The van der Waals surface area contributed by atoms with E-state index in [4.69, 9.17) is 13.9 Å². The lowest BCUT2D eigenvalue weighted by molar-refractivity contribution is -0.118. The first-order valence-electron chi connectivity index (χ1n) is 10.3. The first-order valence-corrected chi connectivity index (χ1v) is 11.3. The number of hydrogen-bond donors (Lipinski definition) is 1. The lowest BCUT2D eigenvalue weighted by Gasteiger charge is -2.13. The van der Waals surface area contributed by atoms with Crippen molar-refractivity contribution in [2.24, 2.45) is 0 Å². The third-order valence-corrected chi connectivity index (χ3v) is 5.75. The molecule has 170 valence electrons. The number of nitrogens with one attached hydrogen (secondary N) is 1. The van der Waals surface area contributed by atoms with Crippen molar-refractivity contribution in [1.29, 1.82) is 0 Å². The van der Waals surface area contributed by atoms with E-state index >= 15 is 0 Å². The van der Waals surface area contributed by atoms with Crippen LogP contribution in [0.4, 0.5) is 0 Å². The number of amides is 1. The van der Waals surface area contributed by atoms with Crippen molar-refractivity contribution in [3.8, 4) is 11.5 Å². The number of methoxy groups -OCH3 is 1. The second kappa shape index (κ2) is 11.2. The predicted molar refractivity (Wildman–Crippen MR) is 124 cm³/mol. The fourth-order valence-corrected chi connectivity index (χ4v) is 3.84. The minimum atomic E-state index is -0.101. The van der Waals surface area contributed by atoms with Gasteiger partial charge in [-0.2, -0.15) is 0 Å². The lowest BCUT2D eigenvalue weighted by Crippen LogP contribution is -2.24. The molecule has 0 aliphatic heterocycles. The van der Waals surface area contributed by atoms with Crippen LogP contribution in [0.15, 0.2) is 82.8 Å². The molecule has 0 aliphatic rings. The zero-order valence-corrected chi connectivity index (χ0v) is 19.0. The fourth-order valence-electron chi connectivity index (χ4n) is 3.09. The largest absolute Gasteiger partial charge is 0.493 e. The molecule has 2 aromatic carbocycles. The summed E-state index contributed by atoms with van der Waals surface area (Å²) in [6, 6.07) is 19.3. The molecule has 0 aliphatic carbocycles. The quantitative estimate of drug-likeness (QED) is 0.337. The summed E-state index contributed by atoms with van der Waals surface area (Å²) in [5, 5.41) is 11.6. The zero-order chi connectivity index (χ0) is 22.9. The lowest BCUT2D eigenvalue weighted by atomic mass is 10.2. The molecule has 0 atom stereocenters. The molecule has 33 heavy (non-hydrogen) atoms. The van der Waals surface area contributed by atoms with E-state index in [1.54, 1.807) is 19.7 Å². The Balaban J connectivity index is 1.26. The average molecular weight is 465 g/mol. The van der Waals surface area contributed by atoms with Gasteiger partial charge in [-0.05, 0) is 35.4 Å². The van der Waals surface area contributed by atoms with Crippen molar-refractivity contribution in [3.05, 3.63) is 90.1 Å². The van der Waals surface area contributed by atoms with Gasteiger partial charge < -0.3 is 23.8 Å². The molecule has 0 saturated carbocycles. The molecule has 0 bridgehead atoms. The highest BCUT2D eigenvalue weighted by Crippen LogP contribution is 2.29. The number of carbonyl (C=O) groups is 1. The van der Waals surface area contributed by atoms with Gasteiger partial charge in [0, 0.05) is 6.54 Å². The van der Waals surface area contributed by atoms with Crippen molar-refractivity contribution in [2.45, 2.75) is 24.9 Å². The number of aromatic nitrogens is 3. The maximum absolute atomic E-state index is 12.4. The Kier molecular flexibility index (Phi) is 7.65. The summed E-state index contributed by atoms with van der Waals surface area (Å²) in [4.78, 5) is 12.4. The van der Waals surface area contributed by atoms with E-state index in [2.05, 4.69) is 15.5 Å². The third-order valence-electron chi connectivity index (χ3n) is 4.77. The van der Waals surface area contributed by atoms with Crippen molar-refractivity contribution in [2.75, 3.05) is 12.9 Å². The Bertz CT molecular complexity index is 1160. The van der Waals surface area contributed by atoms with E-state index in [9.17, 15) is 4.79 Å². The SMILES string of the molecule is COc1cc(CNC(=O)CSc2nncn2Cc2ccco2)ccc1OCc1ccccc1. The van der Waals surface area contributed by atoms with Crippen LogP contribution in [-0.4, -0.2) is 33.5 Å². The second-order valence-electron chi connectivity index (χ2n) is 7.15. The van der Waals surface area contributed by atoms with Gasteiger partial charge in [-0.1, -0.05) is 48.2 Å². The van der Waals surface area contributed by atoms with E-state index in [1.807, 2.05) is 65.2 Å². The van der Waals surface area contributed by atoms with Crippen LogP contribution in [0.3, 0.4) is 0 Å². The van der Waals surface area contributed by atoms with E-state index in [-0.39, 0.29) is 11.7 Å². The van der Waals surface area contributed by atoms with Crippen LogP contribution in [0.1, 0.15) is 16.9 Å². The highest BCUT2D eigenvalue weighted by atomic mass is 32.2. The van der Waals surface area contributed by atoms with Crippen LogP contribution in [0, 0.1) is 0 Å². The van der Waals surface area contributed by atoms with Crippen molar-refractivity contribution < 1.29 is 18.7 Å². The Morgan fingerprint density at radius 3 is 2.76 bits per heavy atom. The number of ether oxygens (including phenoxy) is 2. The molecule has 8 nitrogen and oxygen atoms in total. The number of hydrogen-bond acceptors (Lipinski definition) is 7. The Labute approximate surface area is 195 Å². The van der Waals surface area contributed by atoms with Crippen LogP contribution in [0.5, 0.6) is 11.5 Å². The minimum absolute atomic E-state index is 0.101. The summed E-state index contributed by atoms with van der Waals surface area (Å²) < 4.78 is 18.6. The average Bonchev–Trinajstić information content (AvgIpc) is 3.53. The molecule has 1 amide bonds. The molecule has 0 fully saturated rings. The monoisotopic (exact) mass is 464 g/mol. The highest BCUT2D eigenvalue weighted by Gasteiger charge is 2.11. The molecule has 0 unspecified atom stereocenters. The van der Waals surface area contributed by atoms with Crippen LogP contribution >= 0.6 is 11.8 Å². The van der Waals surface area contributed by atoms with Gasteiger partial charge in [0.1, 0.15) is 18.7 Å². The van der Waals surface area contributed by atoms with Gasteiger partial charge >= 0.3 is 0 Å². The first-order chi connectivity index (χ1) is 16.2. The van der Waals surface area contributed by atoms with Crippen LogP contribution in [-0.2, 0) is 24.5 Å². The smallest absolute Gasteiger partial charge is 0.230 e. The molecule has 0 spiro atoms. The molecule has 4 rings (SSSR count). The fraction of sp³-hybridized carbons (Fsp3) is 0.208. The van der Waals surface area contributed by atoms with Gasteiger partial charge in [-0.25, -0.2) is 0 Å². The summed E-state index contributed by atoms with van der Waals surface area (Å²) in [6.07, 6.45) is 3.24. The number of rotatable bonds is 11. The molecule has 9 heteroatoms. The summed E-state index contributed by atoms with van der Waals surface area (Å²) in [5.74, 6) is 2.20. The number of carbonyl (C=O) groups excluding carboxylic acids is 1. The number of furan rings is 1. The van der Waals surface area contributed by atoms with Crippen LogP contribution in [0.25, 0.3) is 0 Å². The summed E-state index contributed by atoms with van der Waals surface area (Å²) in [7, 11) is 1.60. The van der Waals surface area contributed by atoms with Crippen LogP contribution < -0.4 is 14.8 Å². The summed E-state index contributed by atoms with van der Waals surface area (Å²) in [5.41, 5.74) is 1.99. The van der Waals surface area contributed by atoms with Gasteiger partial charge in [-0.3, -0.25) is 4.79 Å². The standard InChI is InChI=1S/C24H24N4O4S/c1-30-22-12-19(9-10-21(22)32-15-18-6-3-2-4-7-18)13-25-23(29)16-33-24-27-26-17-28(24)14-20-8-5-11-31-20/h2-12,17H,13-16H2,1H3,(H,25,29). The number of thioether (sulfide) groups is 1. The van der Waals surface area contributed by atoms with Gasteiger partial charge in [0.05, 0.1) is 25.7 Å². The van der Waals surface area contributed by atoms with Crippen molar-refractivity contribution in [3.63, 3.8) is 0 Å². The molecule has 1 N–H and O–H groups in total. The van der Waals surface area contributed by atoms with Gasteiger partial charge in [-0.15, -0.1) is 10.2 Å². The van der Waals surface area contributed by atoms with Crippen molar-refractivity contribution >= 4 is 17.7 Å². The van der Waals surface area contributed by atoms with Gasteiger partial charge in [0.2, 0.25) is 5.91 Å². The van der Waals surface area contributed by atoms with E-state index in [0.717, 1.165) is 16.9 Å². The predicted octanol–water partition coefficient (Wildman–Crippen LogP) is 3.92. The van der Waals surface area contributed by atoms with Gasteiger partial charge in [0.25, 0.3) is 0 Å². The Morgan fingerprint density at radius 1 is 1.09 bits per heavy atom. The Hall–Kier alpha value is -3.72. The summed E-state index contributed by atoms with van der Waals surface area (Å²) >= 11 is 1.32. The van der Waals surface area contributed by atoms with E-state index in [0.29, 0.717) is 36.4 Å². The van der Waals surface area contributed by atoms with E-state index in [1.165, 1.54) is 11.8 Å². The summed E-state index contributed by atoms with van der Waals surface area (Å²) in [6.45, 7) is 1.35. The molecular formula is C24H24N4O4S. The topological polar surface area (TPSA) is 91.4 Å². The number of benzene rings is 2. The number of nitrogens with zero attached hydrogens (tertiary/aromatic N) is 3. The zero-order valence-electron chi connectivity index (χ0n) is 18.1. The molecule has 2 heterocycles. The normalized spacial score (nSPS) is 10.7. The minimum Gasteiger partial charge on any atom is -0.493 e. The Morgan fingerprint density at radius 2 is 1.97 bits per heavy atom. The maximum Gasteiger partial charge on any atom is 0.230 e. The molecule has 2 aromatic heterocycles. The maximum atomic E-state index is 12.4.